The van der Waals surface area contributed by atoms with Crippen LogP contribution >= 0.6 is 0 Å². The van der Waals surface area contributed by atoms with Gasteiger partial charge in [0.15, 0.2) is 11.5 Å². The first-order chi connectivity index (χ1) is 13.1. The molecule has 0 saturated heterocycles. The van der Waals surface area contributed by atoms with Crippen LogP contribution in [-0.4, -0.2) is 20.1 Å². The van der Waals surface area contributed by atoms with E-state index in [0.717, 1.165) is 18.4 Å². The molecule has 5 nitrogen and oxygen atoms in total. The molecule has 0 saturated carbocycles. The number of benzene rings is 2. The summed E-state index contributed by atoms with van der Waals surface area (Å²) in [7, 11) is 3.09. The second kappa shape index (κ2) is 10.0. The summed E-state index contributed by atoms with van der Waals surface area (Å²) < 4.78 is 10.5. The predicted molar refractivity (Wildman–Crippen MR) is 105 cm³/mol. The Bertz CT molecular complexity index is 838. The van der Waals surface area contributed by atoms with Crippen molar-refractivity contribution in [3.63, 3.8) is 0 Å². The van der Waals surface area contributed by atoms with Crippen LogP contribution in [0.3, 0.4) is 0 Å². The first kappa shape index (κ1) is 20.1. The van der Waals surface area contributed by atoms with E-state index in [1.165, 1.54) is 0 Å². The molecule has 1 N–H and O–H groups in total. The average Bonchev–Trinajstić information content (AvgIpc) is 2.71. The summed E-state index contributed by atoms with van der Waals surface area (Å²) in [6.07, 6.45) is 3.26. The number of rotatable bonds is 8. The Morgan fingerprint density at radius 1 is 1.15 bits per heavy atom. The number of nitrogens with zero attached hydrogens (tertiary/aromatic N) is 1. The van der Waals surface area contributed by atoms with Gasteiger partial charge in [-0.05, 0) is 35.8 Å². The quantitative estimate of drug-likeness (QED) is 0.561. The maximum atomic E-state index is 12.7. The number of ether oxygens (including phenoxy) is 2. The summed E-state index contributed by atoms with van der Waals surface area (Å²) in [4.78, 5) is 12.7. The standard InChI is InChI=1S/C22H24N2O3/c1-4-8-19(17-9-6-5-7-10-17)24-22(25)18(15-23)13-16-11-12-20(26-2)21(14-16)27-3/h5-7,9-14,19H,4,8H2,1-3H3,(H,24,25)/b18-13+/t19-/m0/s1. The summed E-state index contributed by atoms with van der Waals surface area (Å²) in [5, 5.41) is 12.4. The Morgan fingerprint density at radius 3 is 2.44 bits per heavy atom. The minimum absolute atomic E-state index is 0.0410. The lowest BCUT2D eigenvalue weighted by Crippen LogP contribution is -2.29. The van der Waals surface area contributed by atoms with Gasteiger partial charge in [-0.1, -0.05) is 49.7 Å². The van der Waals surface area contributed by atoms with Gasteiger partial charge in [0.05, 0.1) is 20.3 Å². The highest BCUT2D eigenvalue weighted by Gasteiger charge is 2.17. The fraction of sp³-hybridized carbons (Fsp3) is 0.273. The fourth-order valence-corrected chi connectivity index (χ4v) is 2.79. The van der Waals surface area contributed by atoms with Crippen molar-refractivity contribution >= 4 is 12.0 Å². The van der Waals surface area contributed by atoms with Crippen molar-refractivity contribution < 1.29 is 14.3 Å². The number of carbonyl (C=O) groups is 1. The van der Waals surface area contributed by atoms with E-state index in [1.807, 2.05) is 36.4 Å². The van der Waals surface area contributed by atoms with Crippen molar-refractivity contribution in [2.75, 3.05) is 14.2 Å². The van der Waals surface area contributed by atoms with Gasteiger partial charge < -0.3 is 14.8 Å². The van der Waals surface area contributed by atoms with Gasteiger partial charge >= 0.3 is 0 Å². The average molecular weight is 364 g/mol. The van der Waals surface area contributed by atoms with Gasteiger partial charge in [0.2, 0.25) is 0 Å². The Labute approximate surface area is 160 Å². The third-order valence-electron chi connectivity index (χ3n) is 4.17. The molecule has 0 aromatic heterocycles. The zero-order valence-electron chi connectivity index (χ0n) is 15.9. The van der Waals surface area contributed by atoms with Crippen LogP contribution in [0.5, 0.6) is 11.5 Å². The summed E-state index contributed by atoms with van der Waals surface area (Å²) in [6, 6.07) is 16.9. The predicted octanol–water partition coefficient (Wildman–Crippen LogP) is 4.27. The lowest BCUT2D eigenvalue weighted by atomic mass is 10.0. The van der Waals surface area contributed by atoms with Crippen LogP contribution in [0, 0.1) is 11.3 Å². The molecular formula is C22H24N2O3. The van der Waals surface area contributed by atoms with Crippen LogP contribution in [0.15, 0.2) is 54.1 Å². The Hall–Kier alpha value is -3.26. The maximum Gasteiger partial charge on any atom is 0.262 e. The molecule has 0 heterocycles. The highest BCUT2D eigenvalue weighted by atomic mass is 16.5. The molecule has 0 aliphatic heterocycles. The van der Waals surface area contributed by atoms with E-state index >= 15 is 0 Å². The molecule has 0 radical (unpaired) electrons. The van der Waals surface area contributed by atoms with E-state index in [2.05, 4.69) is 12.2 Å². The summed E-state index contributed by atoms with van der Waals surface area (Å²) in [5.74, 6) is 0.733. The van der Waals surface area contributed by atoms with Crippen LogP contribution in [-0.2, 0) is 4.79 Å². The van der Waals surface area contributed by atoms with Crippen LogP contribution in [0.4, 0.5) is 0 Å². The number of hydrogen-bond acceptors (Lipinski definition) is 4. The largest absolute Gasteiger partial charge is 0.493 e. The van der Waals surface area contributed by atoms with Gasteiger partial charge in [0, 0.05) is 0 Å². The van der Waals surface area contributed by atoms with E-state index in [4.69, 9.17) is 9.47 Å². The molecule has 0 fully saturated rings. The Morgan fingerprint density at radius 2 is 1.85 bits per heavy atom. The van der Waals surface area contributed by atoms with Crippen molar-refractivity contribution in [2.24, 2.45) is 0 Å². The van der Waals surface area contributed by atoms with E-state index in [1.54, 1.807) is 38.5 Å². The van der Waals surface area contributed by atoms with E-state index in [-0.39, 0.29) is 11.6 Å². The van der Waals surface area contributed by atoms with Gasteiger partial charge in [0.25, 0.3) is 5.91 Å². The van der Waals surface area contributed by atoms with E-state index < -0.39 is 5.91 Å². The third-order valence-corrected chi connectivity index (χ3v) is 4.17. The molecule has 0 unspecified atom stereocenters. The molecule has 1 atom stereocenters. The molecule has 2 aromatic rings. The maximum absolute atomic E-state index is 12.7. The number of hydrogen-bond donors (Lipinski definition) is 1. The fourth-order valence-electron chi connectivity index (χ4n) is 2.79. The second-order valence-corrected chi connectivity index (χ2v) is 6.01. The zero-order valence-corrected chi connectivity index (χ0v) is 15.9. The third kappa shape index (κ3) is 5.35. The van der Waals surface area contributed by atoms with Gasteiger partial charge in [0.1, 0.15) is 11.6 Å². The highest BCUT2D eigenvalue weighted by molar-refractivity contribution is 6.01. The minimum atomic E-state index is -0.394. The van der Waals surface area contributed by atoms with Crippen molar-refractivity contribution in [3.8, 4) is 17.6 Å². The molecule has 140 valence electrons. The molecule has 0 bridgehead atoms. The second-order valence-electron chi connectivity index (χ2n) is 6.01. The Kier molecular flexibility index (Phi) is 7.45. The molecule has 5 heteroatoms. The topological polar surface area (TPSA) is 71.4 Å². The zero-order chi connectivity index (χ0) is 19.6. The van der Waals surface area contributed by atoms with Gasteiger partial charge in [-0.2, -0.15) is 5.26 Å². The van der Waals surface area contributed by atoms with Crippen LogP contribution in [0.25, 0.3) is 6.08 Å². The smallest absolute Gasteiger partial charge is 0.262 e. The molecule has 0 spiro atoms. The SMILES string of the molecule is CCC[C@H](NC(=O)/C(C#N)=C/c1ccc(OC)c(OC)c1)c1ccccc1. The summed E-state index contributed by atoms with van der Waals surface area (Å²) in [5.41, 5.74) is 1.75. The number of nitrogens with one attached hydrogen (secondary N) is 1. The van der Waals surface area contributed by atoms with Crippen LogP contribution in [0.2, 0.25) is 0 Å². The summed E-state index contributed by atoms with van der Waals surface area (Å²) in [6.45, 7) is 2.06. The minimum Gasteiger partial charge on any atom is -0.493 e. The van der Waals surface area contributed by atoms with Crippen molar-refractivity contribution in [2.45, 2.75) is 25.8 Å². The van der Waals surface area contributed by atoms with Crippen LogP contribution in [0.1, 0.15) is 36.9 Å². The van der Waals surface area contributed by atoms with Gasteiger partial charge in [-0.15, -0.1) is 0 Å². The van der Waals surface area contributed by atoms with Crippen molar-refractivity contribution in [3.05, 3.63) is 65.2 Å². The lowest BCUT2D eigenvalue weighted by Gasteiger charge is -2.18. The number of nitriles is 1. The molecule has 1 amide bonds. The Balaban J connectivity index is 2.24. The molecule has 27 heavy (non-hydrogen) atoms. The number of carbonyl (C=O) groups excluding carboxylic acids is 1. The van der Waals surface area contributed by atoms with Crippen molar-refractivity contribution in [1.82, 2.24) is 5.32 Å². The van der Waals surface area contributed by atoms with E-state index in [0.29, 0.717) is 17.1 Å². The number of methoxy groups -OCH3 is 2. The first-order valence-electron chi connectivity index (χ1n) is 8.82. The first-order valence-corrected chi connectivity index (χ1v) is 8.82. The summed E-state index contributed by atoms with van der Waals surface area (Å²) >= 11 is 0. The molecular weight excluding hydrogens is 340 g/mol. The lowest BCUT2D eigenvalue weighted by molar-refractivity contribution is -0.117. The van der Waals surface area contributed by atoms with E-state index in [9.17, 15) is 10.1 Å². The van der Waals surface area contributed by atoms with Crippen molar-refractivity contribution in [1.29, 1.82) is 5.26 Å². The monoisotopic (exact) mass is 364 g/mol. The molecule has 0 aliphatic rings. The highest BCUT2D eigenvalue weighted by Crippen LogP contribution is 2.28. The molecule has 0 aliphatic carbocycles. The van der Waals surface area contributed by atoms with Gasteiger partial charge in [-0.25, -0.2) is 0 Å². The van der Waals surface area contributed by atoms with Crippen LogP contribution < -0.4 is 14.8 Å². The number of amides is 1. The molecule has 2 rings (SSSR count). The van der Waals surface area contributed by atoms with Gasteiger partial charge in [-0.3, -0.25) is 4.79 Å². The molecule has 2 aromatic carbocycles. The normalized spacial score (nSPS) is 12.0.